The second kappa shape index (κ2) is 6.15. The van der Waals surface area contributed by atoms with E-state index in [4.69, 9.17) is 0 Å². The molecule has 4 nitrogen and oxygen atoms in total. The average Bonchev–Trinajstić information content (AvgIpc) is 2.90. The number of aromatic nitrogens is 1. The van der Waals surface area contributed by atoms with Crippen molar-refractivity contribution in [3.05, 3.63) is 30.1 Å². The minimum Gasteiger partial charge on any atom is -0.349 e. The zero-order valence-electron chi connectivity index (χ0n) is 11.8. The molecule has 4 heteroatoms. The lowest BCUT2D eigenvalue weighted by Crippen LogP contribution is -2.43. The molecule has 104 valence electrons. The third-order valence-corrected chi connectivity index (χ3v) is 4.01. The van der Waals surface area contributed by atoms with Crippen molar-refractivity contribution in [3.8, 4) is 0 Å². The Labute approximate surface area is 115 Å². The first-order chi connectivity index (χ1) is 9.18. The molecule has 2 heterocycles. The lowest BCUT2D eigenvalue weighted by molar-refractivity contribution is -0.131. The van der Waals surface area contributed by atoms with Crippen molar-refractivity contribution in [3.63, 3.8) is 0 Å². The van der Waals surface area contributed by atoms with Gasteiger partial charge in [0, 0.05) is 18.9 Å². The minimum absolute atomic E-state index is 0.0323. The number of hydrogen-bond donors (Lipinski definition) is 2. The molecule has 2 atom stereocenters. The molecule has 1 aromatic rings. The second-order valence-electron chi connectivity index (χ2n) is 5.43. The van der Waals surface area contributed by atoms with Gasteiger partial charge in [0.25, 0.3) is 0 Å². The summed E-state index contributed by atoms with van der Waals surface area (Å²) in [6.45, 7) is 5.90. The number of carbonyl (C=O) groups is 1. The summed E-state index contributed by atoms with van der Waals surface area (Å²) in [5.41, 5.74) is 0.886. The van der Waals surface area contributed by atoms with E-state index in [2.05, 4.69) is 22.5 Å². The molecule has 0 spiro atoms. The predicted octanol–water partition coefficient (Wildman–Crippen LogP) is 2.04. The largest absolute Gasteiger partial charge is 0.349 e. The summed E-state index contributed by atoms with van der Waals surface area (Å²) in [5.74, 6) is 0.184. The van der Waals surface area contributed by atoms with Crippen LogP contribution in [0.2, 0.25) is 0 Å². The molecule has 1 aliphatic heterocycles. The molecule has 1 aliphatic rings. The van der Waals surface area contributed by atoms with Crippen LogP contribution in [0, 0.1) is 5.41 Å². The van der Waals surface area contributed by atoms with E-state index in [0.29, 0.717) is 0 Å². The lowest BCUT2D eigenvalue weighted by Gasteiger charge is -2.28. The van der Waals surface area contributed by atoms with Crippen molar-refractivity contribution >= 4 is 5.91 Å². The summed E-state index contributed by atoms with van der Waals surface area (Å²) in [6.07, 6.45) is 6.46. The summed E-state index contributed by atoms with van der Waals surface area (Å²) in [4.78, 5) is 16.6. The summed E-state index contributed by atoms with van der Waals surface area (Å²) in [6, 6.07) is 3.93. The number of pyridine rings is 1. The van der Waals surface area contributed by atoms with E-state index in [1.807, 2.05) is 19.1 Å². The summed E-state index contributed by atoms with van der Waals surface area (Å²) in [7, 11) is 0. The monoisotopic (exact) mass is 261 g/mol. The average molecular weight is 261 g/mol. The Bertz CT molecular complexity index is 413. The van der Waals surface area contributed by atoms with Crippen molar-refractivity contribution in [2.45, 2.75) is 39.2 Å². The Kier molecular flexibility index (Phi) is 4.53. The Morgan fingerprint density at radius 2 is 2.26 bits per heavy atom. The van der Waals surface area contributed by atoms with Gasteiger partial charge in [-0.15, -0.1) is 0 Å². The highest BCUT2D eigenvalue weighted by Gasteiger charge is 2.40. The van der Waals surface area contributed by atoms with Gasteiger partial charge in [0.2, 0.25) is 5.91 Å². The number of rotatable bonds is 5. The number of carbonyl (C=O) groups excluding carboxylic acids is 1. The third kappa shape index (κ3) is 3.13. The zero-order chi connectivity index (χ0) is 13.7. The molecular weight excluding hydrogens is 238 g/mol. The molecule has 1 saturated heterocycles. The SMILES string of the molecule is CCCC1(C(=O)NC(C)c2ccncc2)CCNC1. The van der Waals surface area contributed by atoms with E-state index < -0.39 is 0 Å². The van der Waals surface area contributed by atoms with Crippen LogP contribution in [0.5, 0.6) is 0 Å². The highest BCUT2D eigenvalue weighted by molar-refractivity contribution is 5.83. The second-order valence-corrected chi connectivity index (χ2v) is 5.43. The van der Waals surface area contributed by atoms with Crippen molar-refractivity contribution in [1.82, 2.24) is 15.6 Å². The molecule has 1 amide bonds. The first-order valence-corrected chi connectivity index (χ1v) is 7.09. The van der Waals surface area contributed by atoms with Gasteiger partial charge in [-0.25, -0.2) is 0 Å². The lowest BCUT2D eigenvalue weighted by atomic mass is 9.81. The van der Waals surface area contributed by atoms with Crippen LogP contribution in [0.3, 0.4) is 0 Å². The molecule has 0 aromatic carbocycles. The maximum Gasteiger partial charge on any atom is 0.228 e. The molecule has 0 bridgehead atoms. The van der Waals surface area contributed by atoms with E-state index in [-0.39, 0.29) is 17.4 Å². The van der Waals surface area contributed by atoms with Gasteiger partial charge in [-0.05, 0) is 44.0 Å². The van der Waals surface area contributed by atoms with Crippen molar-refractivity contribution in [2.24, 2.45) is 5.41 Å². The summed E-state index contributed by atoms with van der Waals surface area (Å²) < 4.78 is 0. The molecule has 2 rings (SSSR count). The Balaban J connectivity index is 2.03. The van der Waals surface area contributed by atoms with E-state index in [1.54, 1.807) is 12.4 Å². The van der Waals surface area contributed by atoms with Gasteiger partial charge in [0.15, 0.2) is 0 Å². The molecule has 0 aliphatic carbocycles. The highest BCUT2D eigenvalue weighted by atomic mass is 16.2. The first kappa shape index (κ1) is 14.0. The molecular formula is C15H23N3O. The molecule has 2 unspecified atom stereocenters. The predicted molar refractivity (Wildman–Crippen MR) is 75.6 cm³/mol. The van der Waals surface area contributed by atoms with Crippen LogP contribution in [0.4, 0.5) is 0 Å². The van der Waals surface area contributed by atoms with Gasteiger partial charge in [-0.2, -0.15) is 0 Å². The van der Waals surface area contributed by atoms with Gasteiger partial charge in [0.1, 0.15) is 0 Å². The van der Waals surface area contributed by atoms with E-state index in [9.17, 15) is 4.79 Å². The van der Waals surface area contributed by atoms with Crippen LogP contribution in [0.15, 0.2) is 24.5 Å². The number of amides is 1. The molecule has 19 heavy (non-hydrogen) atoms. The van der Waals surface area contributed by atoms with Crippen LogP contribution < -0.4 is 10.6 Å². The van der Waals surface area contributed by atoms with Crippen molar-refractivity contribution < 1.29 is 4.79 Å². The number of nitrogens with one attached hydrogen (secondary N) is 2. The molecule has 2 N–H and O–H groups in total. The van der Waals surface area contributed by atoms with Gasteiger partial charge >= 0.3 is 0 Å². The van der Waals surface area contributed by atoms with Gasteiger partial charge in [-0.3, -0.25) is 9.78 Å². The van der Waals surface area contributed by atoms with Gasteiger partial charge < -0.3 is 10.6 Å². The van der Waals surface area contributed by atoms with Crippen molar-refractivity contribution in [2.75, 3.05) is 13.1 Å². The van der Waals surface area contributed by atoms with Crippen LogP contribution >= 0.6 is 0 Å². The standard InChI is InChI=1S/C15H23N3O/c1-3-6-15(7-10-17-11-15)14(19)18-12(2)13-4-8-16-9-5-13/h4-5,8-9,12,17H,3,6-7,10-11H2,1-2H3,(H,18,19). The quantitative estimate of drug-likeness (QED) is 0.853. The van der Waals surface area contributed by atoms with Gasteiger partial charge in [-0.1, -0.05) is 13.3 Å². The number of hydrogen-bond acceptors (Lipinski definition) is 3. The smallest absolute Gasteiger partial charge is 0.228 e. The Morgan fingerprint density at radius 1 is 1.53 bits per heavy atom. The minimum atomic E-state index is -0.212. The fourth-order valence-electron chi connectivity index (χ4n) is 2.83. The maximum absolute atomic E-state index is 12.6. The van der Waals surface area contributed by atoms with E-state index in [1.165, 1.54) is 0 Å². The van der Waals surface area contributed by atoms with E-state index in [0.717, 1.165) is 37.9 Å². The number of nitrogens with zero attached hydrogens (tertiary/aromatic N) is 1. The summed E-state index contributed by atoms with van der Waals surface area (Å²) >= 11 is 0. The van der Waals surface area contributed by atoms with Crippen LogP contribution in [-0.4, -0.2) is 24.0 Å². The van der Waals surface area contributed by atoms with Gasteiger partial charge in [0.05, 0.1) is 11.5 Å². The Hall–Kier alpha value is -1.42. The topological polar surface area (TPSA) is 54.0 Å². The molecule has 0 saturated carbocycles. The van der Waals surface area contributed by atoms with Crippen LogP contribution in [0.1, 0.15) is 44.7 Å². The summed E-state index contributed by atoms with van der Waals surface area (Å²) in [5, 5.41) is 6.48. The zero-order valence-corrected chi connectivity index (χ0v) is 11.8. The molecule has 1 fully saturated rings. The maximum atomic E-state index is 12.6. The fourth-order valence-corrected chi connectivity index (χ4v) is 2.83. The third-order valence-electron chi connectivity index (χ3n) is 4.01. The van der Waals surface area contributed by atoms with Crippen molar-refractivity contribution in [1.29, 1.82) is 0 Å². The van der Waals surface area contributed by atoms with E-state index >= 15 is 0 Å². The van der Waals surface area contributed by atoms with Crippen LogP contribution in [0.25, 0.3) is 0 Å². The molecule has 0 radical (unpaired) electrons. The highest BCUT2D eigenvalue weighted by Crippen LogP contribution is 2.32. The fraction of sp³-hybridized carbons (Fsp3) is 0.600. The van der Waals surface area contributed by atoms with Crippen LogP contribution in [-0.2, 0) is 4.79 Å². The normalized spacial score (nSPS) is 24.1. The first-order valence-electron chi connectivity index (χ1n) is 7.09. The Morgan fingerprint density at radius 3 is 2.84 bits per heavy atom. The molecule has 1 aromatic heterocycles.